The van der Waals surface area contributed by atoms with E-state index < -0.39 is 0 Å². The van der Waals surface area contributed by atoms with E-state index in [1.54, 1.807) is 0 Å². The van der Waals surface area contributed by atoms with Crippen molar-refractivity contribution in [3.05, 3.63) is 167 Å². The summed E-state index contributed by atoms with van der Waals surface area (Å²) >= 11 is 0. The van der Waals surface area contributed by atoms with Crippen molar-refractivity contribution in [3.8, 4) is 45.8 Å². The molecule has 282 valence electrons. The second kappa shape index (κ2) is 13.4. The first-order chi connectivity index (χ1) is 27.7. The van der Waals surface area contributed by atoms with E-state index in [4.69, 9.17) is 0 Å². The number of aryl methyl sites for hydroxylation is 2. The van der Waals surface area contributed by atoms with Crippen LogP contribution in [0.3, 0.4) is 0 Å². The van der Waals surface area contributed by atoms with E-state index in [-0.39, 0.29) is 10.8 Å². The van der Waals surface area contributed by atoms with Crippen molar-refractivity contribution in [2.24, 2.45) is 0 Å². The molecule has 7 aromatic carbocycles. The molecular weight excluding hydrogens is 705 g/mol. The van der Waals surface area contributed by atoms with Crippen LogP contribution < -0.4 is 0 Å². The van der Waals surface area contributed by atoms with Crippen LogP contribution in [0.15, 0.2) is 133 Å². The van der Waals surface area contributed by atoms with Crippen LogP contribution in [0, 0.1) is 36.5 Å². The van der Waals surface area contributed by atoms with Crippen molar-refractivity contribution < 1.29 is 0 Å². The van der Waals surface area contributed by atoms with Crippen molar-refractivity contribution in [1.29, 1.82) is 10.5 Å². The number of fused-ring (bicyclic) bond motifs is 6. The third kappa shape index (κ3) is 6.05. The van der Waals surface area contributed by atoms with Crippen molar-refractivity contribution in [2.45, 2.75) is 66.2 Å². The fourth-order valence-electron chi connectivity index (χ4n) is 8.63. The topological polar surface area (TPSA) is 57.4 Å². The molecule has 0 N–H and O–H groups in total. The average Bonchev–Trinajstić information content (AvgIpc) is 3.70. The zero-order valence-corrected chi connectivity index (χ0v) is 34.5. The molecule has 0 unspecified atom stereocenters. The Morgan fingerprint density at radius 2 is 0.793 bits per heavy atom. The van der Waals surface area contributed by atoms with Crippen LogP contribution >= 0.6 is 0 Å². The molecule has 0 aliphatic carbocycles. The summed E-state index contributed by atoms with van der Waals surface area (Å²) in [6.45, 7) is 17.9. The number of rotatable bonds is 4. The molecule has 58 heavy (non-hydrogen) atoms. The third-order valence-electron chi connectivity index (χ3n) is 11.8. The highest BCUT2D eigenvalue weighted by Gasteiger charge is 2.25. The maximum absolute atomic E-state index is 10.2. The minimum Gasteiger partial charge on any atom is -0.309 e. The van der Waals surface area contributed by atoms with Gasteiger partial charge in [-0.2, -0.15) is 10.5 Å². The van der Waals surface area contributed by atoms with Gasteiger partial charge in [0.15, 0.2) is 0 Å². The maximum Gasteiger partial charge on any atom is 0.0991 e. The van der Waals surface area contributed by atoms with Gasteiger partial charge in [0.25, 0.3) is 0 Å². The van der Waals surface area contributed by atoms with Crippen molar-refractivity contribution in [3.63, 3.8) is 0 Å². The van der Waals surface area contributed by atoms with Gasteiger partial charge in [-0.25, -0.2) is 0 Å². The Balaban J connectivity index is 1.53. The fourth-order valence-corrected chi connectivity index (χ4v) is 8.63. The van der Waals surface area contributed by atoms with Gasteiger partial charge in [0.1, 0.15) is 0 Å². The quantitative estimate of drug-likeness (QED) is 0.180. The summed E-state index contributed by atoms with van der Waals surface area (Å²) < 4.78 is 4.89. The highest BCUT2D eigenvalue weighted by Crippen LogP contribution is 2.45. The van der Waals surface area contributed by atoms with Crippen LogP contribution in [0.25, 0.3) is 77.2 Å². The molecule has 0 spiro atoms. The van der Waals surface area contributed by atoms with E-state index in [9.17, 15) is 10.5 Å². The minimum atomic E-state index is -0.0739. The van der Waals surface area contributed by atoms with Crippen molar-refractivity contribution >= 4 is 43.6 Å². The number of benzene rings is 7. The SMILES string of the molecule is Cc1ccc2c3ccc(C)cc3n(-c3cc(-n4c5cc(C(C)(C)C)ccc5c5ccc(C(C)(C)C)cc54)c(-c4cccc(C#N)c4)cc3-c3cccc(C#N)c3)c2c1. The lowest BCUT2D eigenvalue weighted by Gasteiger charge is -2.23. The Kier molecular flexibility index (Phi) is 8.47. The van der Waals surface area contributed by atoms with E-state index in [0.29, 0.717) is 11.1 Å². The van der Waals surface area contributed by atoms with E-state index in [1.165, 1.54) is 43.8 Å². The zero-order valence-electron chi connectivity index (χ0n) is 34.5. The smallest absolute Gasteiger partial charge is 0.0991 e. The number of nitrogens with zero attached hydrogens (tertiary/aromatic N) is 4. The Bertz CT molecular complexity index is 3100. The summed E-state index contributed by atoms with van der Waals surface area (Å²) in [6, 6.07) is 52.6. The van der Waals surface area contributed by atoms with Crippen LogP contribution in [-0.4, -0.2) is 9.13 Å². The van der Waals surface area contributed by atoms with Crippen molar-refractivity contribution in [1.82, 2.24) is 9.13 Å². The number of hydrogen-bond acceptors (Lipinski definition) is 2. The van der Waals surface area contributed by atoms with Crippen LogP contribution in [0.5, 0.6) is 0 Å². The van der Waals surface area contributed by atoms with Gasteiger partial charge in [-0.3, -0.25) is 0 Å². The lowest BCUT2D eigenvalue weighted by Crippen LogP contribution is -2.11. The van der Waals surface area contributed by atoms with Crippen LogP contribution in [0.4, 0.5) is 0 Å². The predicted octanol–water partition coefficient (Wildman–Crippen LogP) is 14.2. The van der Waals surface area contributed by atoms with E-state index in [0.717, 1.165) is 55.7 Å². The zero-order chi connectivity index (χ0) is 40.7. The predicted molar refractivity (Wildman–Crippen MR) is 242 cm³/mol. The summed E-state index contributed by atoms with van der Waals surface area (Å²) in [7, 11) is 0. The highest BCUT2D eigenvalue weighted by atomic mass is 15.0. The Morgan fingerprint density at radius 1 is 0.414 bits per heavy atom. The molecule has 4 nitrogen and oxygen atoms in total. The molecule has 0 amide bonds. The normalized spacial score (nSPS) is 12.1. The molecule has 0 atom stereocenters. The molecule has 9 aromatic rings. The third-order valence-corrected chi connectivity index (χ3v) is 11.8. The molecule has 0 saturated carbocycles. The lowest BCUT2D eigenvalue weighted by molar-refractivity contribution is 0.591. The lowest BCUT2D eigenvalue weighted by atomic mass is 9.86. The van der Waals surface area contributed by atoms with E-state index in [1.807, 2.05) is 36.4 Å². The molecular formula is C54H46N4. The summed E-state index contributed by atoms with van der Waals surface area (Å²) in [6.07, 6.45) is 0. The van der Waals surface area contributed by atoms with Gasteiger partial charge in [-0.05, 0) is 119 Å². The number of hydrogen-bond donors (Lipinski definition) is 0. The summed E-state index contributed by atoms with van der Waals surface area (Å²) in [5.74, 6) is 0. The van der Waals surface area contributed by atoms with Gasteiger partial charge in [0.2, 0.25) is 0 Å². The molecule has 2 aromatic heterocycles. The molecule has 9 rings (SSSR count). The highest BCUT2D eigenvalue weighted by molar-refractivity contribution is 6.12. The number of aromatic nitrogens is 2. The van der Waals surface area contributed by atoms with Crippen molar-refractivity contribution in [2.75, 3.05) is 0 Å². The second-order valence-corrected chi connectivity index (χ2v) is 17.9. The molecule has 0 bridgehead atoms. The van der Waals surface area contributed by atoms with Crippen LogP contribution in [0.1, 0.15) is 74.9 Å². The van der Waals surface area contributed by atoms with Crippen LogP contribution in [-0.2, 0) is 10.8 Å². The maximum atomic E-state index is 10.2. The second-order valence-electron chi connectivity index (χ2n) is 17.9. The fraction of sp³-hybridized carbons (Fsp3) is 0.185. The molecule has 4 heteroatoms. The van der Waals surface area contributed by atoms with Gasteiger partial charge in [-0.15, -0.1) is 0 Å². The first-order valence-corrected chi connectivity index (χ1v) is 20.0. The summed E-state index contributed by atoms with van der Waals surface area (Å²) in [5, 5.41) is 25.1. The monoisotopic (exact) mass is 750 g/mol. The van der Waals surface area contributed by atoms with E-state index >= 15 is 0 Å². The molecule has 2 heterocycles. The molecule has 0 radical (unpaired) electrons. The first-order valence-electron chi connectivity index (χ1n) is 20.0. The average molecular weight is 751 g/mol. The molecule has 0 saturated heterocycles. The Morgan fingerprint density at radius 3 is 1.17 bits per heavy atom. The van der Waals surface area contributed by atoms with Gasteiger partial charge < -0.3 is 9.13 Å². The van der Waals surface area contributed by atoms with Gasteiger partial charge in [0.05, 0.1) is 56.7 Å². The Hall–Kier alpha value is -6.88. The molecule has 0 aliphatic heterocycles. The molecule has 0 fully saturated rings. The summed E-state index contributed by atoms with van der Waals surface area (Å²) in [5.41, 5.74) is 16.3. The first kappa shape index (κ1) is 36.7. The molecule has 0 aliphatic rings. The largest absolute Gasteiger partial charge is 0.309 e. The number of nitriles is 2. The Labute approximate surface area is 340 Å². The minimum absolute atomic E-state index is 0.0739. The van der Waals surface area contributed by atoms with Gasteiger partial charge in [-0.1, -0.05) is 114 Å². The van der Waals surface area contributed by atoms with Gasteiger partial charge >= 0.3 is 0 Å². The standard InChI is InChI=1S/C54H46N4/c1-33-15-19-41-42-20-16-34(2)24-48(42)57(47(41)23-33)51-30-52(46(38-14-10-12-36(26-38)32-56)29-45(51)37-13-9-11-35(25-37)31-55)58-49-27-39(53(3,4)5)17-21-43(49)44-22-18-40(28-50(44)58)54(6,7)8/h9-30H,1-8H3. The van der Waals surface area contributed by atoms with Gasteiger partial charge in [0, 0.05) is 32.7 Å². The van der Waals surface area contributed by atoms with Crippen LogP contribution in [0.2, 0.25) is 0 Å². The summed E-state index contributed by atoms with van der Waals surface area (Å²) in [4.78, 5) is 0. The van der Waals surface area contributed by atoms with E-state index in [2.05, 4.69) is 174 Å².